The van der Waals surface area contributed by atoms with Crippen LogP contribution in [-0.2, 0) is 19.0 Å². The third kappa shape index (κ3) is 1.25. The van der Waals surface area contributed by atoms with E-state index in [9.17, 15) is 9.90 Å². The molecule has 0 radical (unpaired) electrons. The van der Waals surface area contributed by atoms with Gasteiger partial charge in [0.25, 0.3) is 5.97 Å². The predicted molar refractivity (Wildman–Crippen MR) is 52.1 cm³/mol. The first-order chi connectivity index (χ1) is 7.65. The summed E-state index contributed by atoms with van der Waals surface area (Å²) >= 11 is 0. The van der Waals surface area contributed by atoms with E-state index < -0.39 is 5.97 Å². The van der Waals surface area contributed by atoms with E-state index in [0.29, 0.717) is 12.5 Å². The monoisotopic (exact) mass is 228 g/mol. The lowest BCUT2D eigenvalue weighted by Gasteiger charge is -2.40. The Hall–Kier alpha value is -0.650. The quantitative estimate of drug-likeness (QED) is 0.646. The number of carbonyl (C=O) groups is 1. The number of ether oxygens (including phenoxy) is 3. The van der Waals surface area contributed by atoms with Crippen molar-refractivity contribution in [1.82, 2.24) is 0 Å². The molecule has 2 aliphatic heterocycles. The smallest absolute Gasteiger partial charge is 0.311 e. The van der Waals surface area contributed by atoms with Crippen LogP contribution in [0.5, 0.6) is 0 Å². The highest BCUT2D eigenvalue weighted by Gasteiger charge is 2.62. The Bertz CT molecular complexity index is 317. The first-order valence-electron chi connectivity index (χ1n) is 5.74. The molecule has 2 heterocycles. The Kier molecular flexibility index (Phi) is 2.24. The average Bonchev–Trinajstić information content (AvgIpc) is 2.84. The molecule has 0 spiro atoms. The molecular weight excluding hydrogens is 212 g/mol. The van der Waals surface area contributed by atoms with Gasteiger partial charge in [-0.05, 0) is 24.7 Å². The molecule has 0 amide bonds. The van der Waals surface area contributed by atoms with E-state index >= 15 is 0 Å². The van der Waals surface area contributed by atoms with E-state index in [2.05, 4.69) is 0 Å². The standard InChI is InChI=1S/C11H16O5/c1-14-10(12)8-5-16-11(13)9-6(4-15-11)2-3-7(8)9/h6-9,13H,2-5H2,1H3/t6?,7-,8?,9-,11-/m1/s1. The van der Waals surface area contributed by atoms with Crippen molar-refractivity contribution in [3.05, 3.63) is 0 Å². The summed E-state index contributed by atoms with van der Waals surface area (Å²) in [5.74, 6) is -1.54. The predicted octanol–water partition coefficient (Wildman–Crippen LogP) is 0.124. The number of rotatable bonds is 1. The fraction of sp³-hybridized carbons (Fsp3) is 0.909. The lowest BCUT2D eigenvalue weighted by Crippen LogP contribution is -2.51. The normalized spacial score (nSPS) is 50.1. The van der Waals surface area contributed by atoms with E-state index in [4.69, 9.17) is 14.2 Å². The summed E-state index contributed by atoms with van der Waals surface area (Å²) in [4.78, 5) is 11.6. The minimum Gasteiger partial charge on any atom is -0.469 e. The van der Waals surface area contributed by atoms with Crippen molar-refractivity contribution in [2.24, 2.45) is 23.7 Å². The molecule has 0 bridgehead atoms. The van der Waals surface area contributed by atoms with Gasteiger partial charge in [-0.1, -0.05) is 0 Å². The van der Waals surface area contributed by atoms with Crippen molar-refractivity contribution in [1.29, 1.82) is 0 Å². The first kappa shape index (κ1) is 10.5. The molecule has 2 unspecified atom stereocenters. The van der Waals surface area contributed by atoms with Gasteiger partial charge in [0, 0.05) is 5.92 Å². The van der Waals surface area contributed by atoms with Crippen molar-refractivity contribution >= 4 is 5.97 Å². The largest absolute Gasteiger partial charge is 0.469 e. The molecule has 90 valence electrons. The van der Waals surface area contributed by atoms with Gasteiger partial charge < -0.3 is 19.3 Å². The molecule has 5 nitrogen and oxygen atoms in total. The Morgan fingerprint density at radius 3 is 2.88 bits per heavy atom. The molecule has 0 aromatic carbocycles. The second kappa shape index (κ2) is 3.42. The van der Waals surface area contributed by atoms with Crippen molar-refractivity contribution in [3.8, 4) is 0 Å². The Balaban J connectivity index is 1.87. The van der Waals surface area contributed by atoms with Crippen LogP contribution in [0.3, 0.4) is 0 Å². The Morgan fingerprint density at radius 2 is 2.12 bits per heavy atom. The summed E-state index contributed by atoms with van der Waals surface area (Å²) in [6.45, 7) is 0.725. The highest BCUT2D eigenvalue weighted by Crippen LogP contribution is 2.54. The van der Waals surface area contributed by atoms with Crippen LogP contribution >= 0.6 is 0 Å². The van der Waals surface area contributed by atoms with E-state index in [-0.39, 0.29) is 30.3 Å². The van der Waals surface area contributed by atoms with E-state index in [1.807, 2.05) is 0 Å². The van der Waals surface area contributed by atoms with Crippen LogP contribution in [0.4, 0.5) is 0 Å². The number of aliphatic hydroxyl groups is 1. The molecule has 1 saturated carbocycles. The summed E-state index contributed by atoms with van der Waals surface area (Å²) in [6, 6.07) is 0. The zero-order valence-electron chi connectivity index (χ0n) is 9.22. The topological polar surface area (TPSA) is 65.0 Å². The highest BCUT2D eigenvalue weighted by atomic mass is 16.8. The summed E-state index contributed by atoms with van der Waals surface area (Å²) in [7, 11) is 1.39. The number of esters is 1. The van der Waals surface area contributed by atoms with Crippen LogP contribution in [0.1, 0.15) is 12.8 Å². The maximum Gasteiger partial charge on any atom is 0.311 e. The van der Waals surface area contributed by atoms with Gasteiger partial charge in [0.05, 0.1) is 26.2 Å². The van der Waals surface area contributed by atoms with Crippen LogP contribution in [0.25, 0.3) is 0 Å². The number of methoxy groups -OCH3 is 1. The van der Waals surface area contributed by atoms with Crippen LogP contribution < -0.4 is 0 Å². The fourth-order valence-electron chi connectivity index (χ4n) is 3.51. The molecule has 2 saturated heterocycles. The van der Waals surface area contributed by atoms with Gasteiger partial charge >= 0.3 is 5.97 Å². The van der Waals surface area contributed by atoms with Crippen LogP contribution in [0, 0.1) is 23.7 Å². The van der Waals surface area contributed by atoms with Crippen molar-refractivity contribution < 1.29 is 24.1 Å². The molecule has 1 aliphatic carbocycles. The van der Waals surface area contributed by atoms with Crippen LogP contribution in [-0.4, -0.2) is 37.4 Å². The summed E-state index contributed by atoms with van der Waals surface area (Å²) in [5, 5.41) is 10.2. The summed E-state index contributed by atoms with van der Waals surface area (Å²) < 4.78 is 15.4. The van der Waals surface area contributed by atoms with Crippen LogP contribution in [0.2, 0.25) is 0 Å². The Morgan fingerprint density at radius 1 is 1.38 bits per heavy atom. The number of carbonyl (C=O) groups excluding carboxylic acids is 1. The van der Waals surface area contributed by atoms with E-state index in [1.165, 1.54) is 7.11 Å². The van der Waals surface area contributed by atoms with Crippen molar-refractivity contribution in [3.63, 3.8) is 0 Å². The minimum atomic E-state index is -1.45. The lowest BCUT2D eigenvalue weighted by molar-refractivity contribution is -0.384. The Labute approximate surface area is 93.7 Å². The zero-order chi connectivity index (χ0) is 11.3. The van der Waals surface area contributed by atoms with Gasteiger partial charge in [0.15, 0.2) is 0 Å². The van der Waals surface area contributed by atoms with E-state index in [1.54, 1.807) is 0 Å². The molecule has 3 rings (SSSR count). The molecule has 0 aromatic rings. The third-order valence-corrected chi connectivity index (χ3v) is 4.26. The maximum absolute atomic E-state index is 11.6. The lowest BCUT2D eigenvalue weighted by atomic mass is 9.79. The van der Waals surface area contributed by atoms with Crippen molar-refractivity contribution in [2.45, 2.75) is 18.8 Å². The van der Waals surface area contributed by atoms with E-state index in [0.717, 1.165) is 12.8 Å². The molecule has 1 N–H and O–H groups in total. The first-order valence-corrected chi connectivity index (χ1v) is 5.74. The average molecular weight is 228 g/mol. The fourth-order valence-corrected chi connectivity index (χ4v) is 3.51. The van der Waals surface area contributed by atoms with Gasteiger partial charge in [0.2, 0.25) is 0 Å². The second-order valence-corrected chi connectivity index (χ2v) is 4.91. The SMILES string of the molecule is COC(=O)C1CO[C@]2(O)OCC3CC[C@H]1[C@@H]32. The van der Waals surface area contributed by atoms with Gasteiger partial charge in [0.1, 0.15) is 0 Å². The van der Waals surface area contributed by atoms with Crippen molar-refractivity contribution in [2.75, 3.05) is 20.3 Å². The highest BCUT2D eigenvalue weighted by molar-refractivity contribution is 5.73. The van der Waals surface area contributed by atoms with Gasteiger partial charge in [-0.15, -0.1) is 0 Å². The maximum atomic E-state index is 11.6. The number of hydrogen-bond donors (Lipinski definition) is 1. The molecule has 5 heteroatoms. The molecule has 0 aromatic heterocycles. The third-order valence-electron chi connectivity index (χ3n) is 4.26. The molecule has 5 atom stereocenters. The summed E-state index contributed by atoms with van der Waals surface area (Å²) in [6.07, 6.45) is 1.94. The zero-order valence-corrected chi connectivity index (χ0v) is 9.22. The molecule has 3 fully saturated rings. The van der Waals surface area contributed by atoms with Gasteiger partial charge in [-0.3, -0.25) is 4.79 Å². The van der Waals surface area contributed by atoms with Gasteiger partial charge in [-0.25, -0.2) is 0 Å². The molecule has 3 aliphatic rings. The molecular formula is C11H16O5. The second-order valence-electron chi connectivity index (χ2n) is 4.91. The van der Waals surface area contributed by atoms with Gasteiger partial charge in [-0.2, -0.15) is 0 Å². The minimum absolute atomic E-state index is 0.0645. The summed E-state index contributed by atoms with van der Waals surface area (Å²) in [5.41, 5.74) is 0. The number of hydrogen-bond acceptors (Lipinski definition) is 5. The molecule has 16 heavy (non-hydrogen) atoms. The van der Waals surface area contributed by atoms with Crippen LogP contribution in [0.15, 0.2) is 0 Å².